The number of nitrogens with one attached hydrogen (secondary N) is 2. The monoisotopic (exact) mass is 358 g/mol. The molecule has 2 N–H and O–H groups in total. The van der Waals surface area contributed by atoms with Crippen molar-refractivity contribution in [3.8, 4) is 0 Å². The zero-order chi connectivity index (χ0) is 18.2. The summed E-state index contributed by atoms with van der Waals surface area (Å²) in [6.07, 6.45) is 1.03. The Bertz CT molecular complexity index is 719. The van der Waals surface area contributed by atoms with Crippen molar-refractivity contribution >= 4 is 23.4 Å². The fourth-order valence-electron chi connectivity index (χ4n) is 2.44. The topological polar surface area (TPSA) is 58.2 Å². The van der Waals surface area contributed by atoms with Crippen molar-refractivity contribution in [1.29, 1.82) is 0 Å². The fourth-order valence-corrected chi connectivity index (χ4v) is 2.66. The molecule has 0 radical (unpaired) electrons. The van der Waals surface area contributed by atoms with Crippen molar-refractivity contribution in [2.75, 3.05) is 0 Å². The van der Waals surface area contributed by atoms with E-state index in [0.29, 0.717) is 10.6 Å². The molecule has 0 bridgehead atoms. The molecule has 25 heavy (non-hydrogen) atoms. The molecule has 0 saturated carbocycles. The van der Waals surface area contributed by atoms with Crippen LogP contribution >= 0.6 is 11.6 Å². The summed E-state index contributed by atoms with van der Waals surface area (Å²) in [5.74, 6) is -0.390. The van der Waals surface area contributed by atoms with Crippen LogP contribution in [0.3, 0.4) is 0 Å². The first-order valence-corrected chi connectivity index (χ1v) is 8.78. The summed E-state index contributed by atoms with van der Waals surface area (Å²) in [4.78, 5) is 24.9. The molecule has 4 nitrogen and oxygen atoms in total. The second kappa shape index (κ2) is 9.23. The van der Waals surface area contributed by atoms with Crippen LogP contribution in [0.15, 0.2) is 54.6 Å². The standard InChI is InChI=1S/C20H23ClN2O2/c1-3-14(2)22-19(24)13-18(15-9-5-4-6-10-15)23-20(25)16-11-7-8-12-17(16)21/h4-12,14,18H,3,13H2,1-2H3,(H,22,24)(H,23,25)/t14-,18-/m1/s1. The van der Waals surface area contributed by atoms with Crippen molar-refractivity contribution < 1.29 is 9.59 Å². The third-order valence-electron chi connectivity index (χ3n) is 4.04. The van der Waals surface area contributed by atoms with Gasteiger partial charge in [-0.1, -0.05) is 61.0 Å². The van der Waals surface area contributed by atoms with E-state index < -0.39 is 6.04 Å². The lowest BCUT2D eigenvalue weighted by Crippen LogP contribution is -2.37. The number of carbonyl (C=O) groups is 2. The highest BCUT2D eigenvalue weighted by Gasteiger charge is 2.20. The number of hydrogen-bond acceptors (Lipinski definition) is 2. The fraction of sp³-hybridized carbons (Fsp3) is 0.300. The third kappa shape index (κ3) is 5.61. The van der Waals surface area contributed by atoms with E-state index in [9.17, 15) is 9.59 Å². The molecule has 2 aromatic carbocycles. The van der Waals surface area contributed by atoms with Gasteiger partial charge in [0.2, 0.25) is 5.91 Å². The molecule has 0 aliphatic rings. The van der Waals surface area contributed by atoms with Crippen LogP contribution in [-0.2, 0) is 4.79 Å². The summed E-state index contributed by atoms with van der Waals surface area (Å²) in [6, 6.07) is 16.0. The Labute approximate surface area is 153 Å². The maximum atomic E-state index is 12.6. The molecular formula is C20H23ClN2O2. The zero-order valence-electron chi connectivity index (χ0n) is 14.5. The Morgan fingerprint density at radius 1 is 1.00 bits per heavy atom. The summed E-state index contributed by atoms with van der Waals surface area (Å²) in [5.41, 5.74) is 1.27. The molecular weight excluding hydrogens is 336 g/mol. The van der Waals surface area contributed by atoms with E-state index in [0.717, 1.165) is 12.0 Å². The Morgan fingerprint density at radius 3 is 2.28 bits per heavy atom. The van der Waals surface area contributed by atoms with Gasteiger partial charge in [-0.25, -0.2) is 0 Å². The molecule has 0 spiro atoms. The van der Waals surface area contributed by atoms with Gasteiger partial charge in [0.15, 0.2) is 0 Å². The van der Waals surface area contributed by atoms with Gasteiger partial charge in [0.25, 0.3) is 5.91 Å². The van der Waals surface area contributed by atoms with Gasteiger partial charge in [0, 0.05) is 6.04 Å². The van der Waals surface area contributed by atoms with Crippen LogP contribution in [0.1, 0.15) is 48.7 Å². The molecule has 2 aromatic rings. The largest absolute Gasteiger partial charge is 0.354 e. The Kier molecular flexibility index (Phi) is 7.02. The van der Waals surface area contributed by atoms with E-state index in [1.54, 1.807) is 24.3 Å². The summed E-state index contributed by atoms with van der Waals surface area (Å²) in [5, 5.41) is 6.25. The van der Waals surface area contributed by atoms with Crippen LogP contribution in [0.4, 0.5) is 0 Å². The minimum atomic E-state index is -0.422. The number of hydrogen-bond donors (Lipinski definition) is 2. The van der Waals surface area contributed by atoms with Crippen molar-refractivity contribution in [3.05, 3.63) is 70.7 Å². The molecule has 2 amide bonds. The number of rotatable bonds is 7. The van der Waals surface area contributed by atoms with Crippen LogP contribution in [0.5, 0.6) is 0 Å². The van der Waals surface area contributed by atoms with Crippen molar-refractivity contribution in [2.24, 2.45) is 0 Å². The van der Waals surface area contributed by atoms with Crippen LogP contribution in [0, 0.1) is 0 Å². The third-order valence-corrected chi connectivity index (χ3v) is 4.36. The van der Waals surface area contributed by atoms with E-state index in [1.165, 1.54) is 0 Å². The lowest BCUT2D eigenvalue weighted by molar-refractivity contribution is -0.122. The van der Waals surface area contributed by atoms with Gasteiger partial charge in [-0.15, -0.1) is 0 Å². The lowest BCUT2D eigenvalue weighted by Gasteiger charge is -2.20. The minimum absolute atomic E-state index is 0.0948. The van der Waals surface area contributed by atoms with Crippen molar-refractivity contribution in [1.82, 2.24) is 10.6 Å². The molecule has 5 heteroatoms. The molecule has 2 atom stereocenters. The summed E-state index contributed by atoms with van der Waals surface area (Å²) in [7, 11) is 0. The first-order valence-electron chi connectivity index (χ1n) is 8.41. The van der Waals surface area contributed by atoms with Crippen LogP contribution in [-0.4, -0.2) is 17.9 Å². The van der Waals surface area contributed by atoms with Gasteiger partial charge >= 0.3 is 0 Å². The number of amides is 2. The molecule has 0 aliphatic carbocycles. The first kappa shape index (κ1) is 19.0. The van der Waals surface area contributed by atoms with E-state index in [2.05, 4.69) is 10.6 Å². The number of benzene rings is 2. The van der Waals surface area contributed by atoms with Crippen molar-refractivity contribution in [2.45, 2.75) is 38.8 Å². The maximum Gasteiger partial charge on any atom is 0.253 e. The average Bonchev–Trinajstić information content (AvgIpc) is 2.62. The Hall–Kier alpha value is -2.33. The molecule has 2 rings (SSSR count). The second-order valence-electron chi connectivity index (χ2n) is 6.00. The normalized spacial score (nSPS) is 12.9. The number of halogens is 1. The SMILES string of the molecule is CC[C@@H](C)NC(=O)C[C@@H](NC(=O)c1ccccc1Cl)c1ccccc1. The zero-order valence-corrected chi connectivity index (χ0v) is 15.2. The van der Waals surface area contributed by atoms with Gasteiger partial charge in [0.1, 0.15) is 0 Å². The summed E-state index contributed by atoms with van der Waals surface area (Å²) >= 11 is 6.10. The molecule has 0 saturated heterocycles. The summed E-state index contributed by atoms with van der Waals surface area (Å²) in [6.45, 7) is 3.97. The van der Waals surface area contributed by atoms with Gasteiger partial charge in [0.05, 0.1) is 23.0 Å². The van der Waals surface area contributed by atoms with Gasteiger partial charge < -0.3 is 10.6 Å². The minimum Gasteiger partial charge on any atom is -0.354 e. The highest BCUT2D eigenvalue weighted by molar-refractivity contribution is 6.33. The van der Waals surface area contributed by atoms with Crippen LogP contribution < -0.4 is 10.6 Å². The van der Waals surface area contributed by atoms with E-state index in [1.807, 2.05) is 44.2 Å². The summed E-state index contributed by atoms with van der Waals surface area (Å²) < 4.78 is 0. The van der Waals surface area contributed by atoms with Gasteiger partial charge in [-0.05, 0) is 31.0 Å². The molecule has 0 unspecified atom stereocenters. The highest BCUT2D eigenvalue weighted by atomic mass is 35.5. The average molecular weight is 359 g/mol. The van der Waals surface area contributed by atoms with E-state index >= 15 is 0 Å². The molecule has 132 valence electrons. The van der Waals surface area contributed by atoms with E-state index in [-0.39, 0.29) is 24.3 Å². The van der Waals surface area contributed by atoms with Gasteiger partial charge in [-0.3, -0.25) is 9.59 Å². The first-order chi connectivity index (χ1) is 12.0. The Balaban J connectivity index is 2.16. The predicted octanol–water partition coefficient (Wildman–Crippen LogP) is 4.12. The smallest absolute Gasteiger partial charge is 0.253 e. The predicted molar refractivity (Wildman–Crippen MR) is 101 cm³/mol. The molecule has 0 aliphatic heterocycles. The van der Waals surface area contributed by atoms with Crippen LogP contribution in [0.2, 0.25) is 5.02 Å². The number of carbonyl (C=O) groups excluding carboxylic acids is 2. The van der Waals surface area contributed by atoms with Crippen LogP contribution in [0.25, 0.3) is 0 Å². The quantitative estimate of drug-likeness (QED) is 0.782. The van der Waals surface area contributed by atoms with E-state index in [4.69, 9.17) is 11.6 Å². The second-order valence-corrected chi connectivity index (χ2v) is 6.40. The molecule has 0 aromatic heterocycles. The molecule has 0 fully saturated rings. The molecule has 0 heterocycles. The maximum absolute atomic E-state index is 12.6. The van der Waals surface area contributed by atoms with Gasteiger partial charge in [-0.2, -0.15) is 0 Å². The highest BCUT2D eigenvalue weighted by Crippen LogP contribution is 2.20. The van der Waals surface area contributed by atoms with Crippen molar-refractivity contribution in [3.63, 3.8) is 0 Å². The Morgan fingerprint density at radius 2 is 1.64 bits per heavy atom. The lowest BCUT2D eigenvalue weighted by atomic mass is 10.0.